The highest BCUT2D eigenvalue weighted by Crippen LogP contribution is 2.31. The molecule has 0 aliphatic carbocycles. The van der Waals surface area contributed by atoms with E-state index in [0.29, 0.717) is 0 Å². The lowest BCUT2D eigenvalue weighted by atomic mass is 10.2. The van der Waals surface area contributed by atoms with Crippen LogP contribution in [0.3, 0.4) is 0 Å². The zero-order chi connectivity index (χ0) is 10.9. The van der Waals surface area contributed by atoms with E-state index in [1.807, 2.05) is 0 Å². The molecule has 0 aliphatic rings. The van der Waals surface area contributed by atoms with E-state index in [4.69, 9.17) is 5.73 Å². The van der Waals surface area contributed by atoms with Crippen molar-refractivity contribution in [3.8, 4) is 0 Å². The van der Waals surface area contributed by atoms with Gasteiger partial charge in [-0.2, -0.15) is 0 Å². The number of pyridine rings is 1. The van der Waals surface area contributed by atoms with Gasteiger partial charge in [0.2, 0.25) is 5.82 Å². The molecule has 1 aromatic rings. The van der Waals surface area contributed by atoms with E-state index in [1.54, 1.807) is 0 Å². The van der Waals surface area contributed by atoms with Crippen molar-refractivity contribution in [3.05, 3.63) is 26.2 Å². The third kappa shape index (κ3) is 1.95. The molecule has 0 atom stereocenters. The van der Waals surface area contributed by atoms with Gasteiger partial charge in [-0.3, -0.25) is 0 Å². The molecule has 0 aromatic carbocycles. The molecule has 8 heteroatoms. The van der Waals surface area contributed by atoms with E-state index in [-0.39, 0.29) is 4.47 Å². The maximum atomic E-state index is 12.2. The minimum absolute atomic E-state index is 0.119. The summed E-state index contributed by atoms with van der Waals surface area (Å²) in [6, 6.07) is 0.894. The van der Waals surface area contributed by atoms with E-state index in [0.717, 1.165) is 6.07 Å². The summed E-state index contributed by atoms with van der Waals surface area (Å²) in [6.45, 7) is 0. The predicted molar refractivity (Wildman–Crippen MR) is 48.0 cm³/mol. The van der Waals surface area contributed by atoms with Crippen molar-refractivity contribution < 1.29 is 13.7 Å². The van der Waals surface area contributed by atoms with Gasteiger partial charge in [0.05, 0.1) is 5.56 Å². The van der Waals surface area contributed by atoms with Gasteiger partial charge in [0.1, 0.15) is 4.47 Å². The number of anilines is 1. The number of halogens is 3. The van der Waals surface area contributed by atoms with Crippen LogP contribution in [0.1, 0.15) is 12.0 Å². The number of alkyl halides is 2. The summed E-state index contributed by atoms with van der Waals surface area (Å²) >= 11 is 2.76. The maximum absolute atomic E-state index is 12.2. The number of aromatic nitrogens is 1. The number of nitrogens with two attached hydrogens (primary N) is 1. The molecule has 1 heterocycles. The van der Waals surface area contributed by atoms with Crippen LogP contribution in [0.25, 0.3) is 0 Å². The van der Waals surface area contributed by atoms with Gasteiger partial charge in [0.15, 0.2) is 0 Å². The molecule has 2 N–H and O–H groups in total. The summed E-state index contributed by atoms with van der Waals surface area (Å²) in [5, 5.41) is 10.3. The summed E-state index contributed by atoms with van der Waals surface area (Å²) in [6.07, 6.45) is -2.81. The van der Waals surface area contributed by atoms with Crippen LogP contribution in [0, 0.1) is 10.1 Å². The molecule has 0 spiro atoms. The summed E-state index contributed by atoms with van der Waals surface area (Å²) in [7, 11) is 0. The van der Waals surface area contributed by atoms with E-state index in [1.165, 1.54) is 0 Å². The molecule has 0 aliphatic heterocycles. The smallest absolute Gasteiger partial charge is 0.362 e. The maximum Gasteiger partial charge on any atom is 0.380 e. The van der Waals surface area contributed by atoms with Gasteiger partial charge in [-0.1, -0.05) is 0 Å². The van der Waals surface area contributed by atoms with E-state index in [2.05, 4.69) is 20.9 Å². The summed E-state index contributed by atoms with van der Waals surface area (Å²) in [5.41, 5.74) is 4.59. The van der Waals surface area contributed by atoms with E-state index < -0.39 is 28.5 Å². The Morgan fingerprint density at radius 3 is 2.64 bits per heavy atom. The second-order valence-electron chi connectivity index (χ2n) is 2.33. The fourth-order valence-corrected chi connectivity index (χ4v) is 1.29. The first-order valence-electron chi connectivity index (χ1n) is 3.32. The van der Waals surface area contributed by atoms with Gasteiger partial charge < -0.3 is 15.8 Å². The molecule has 0 saturated heterocycles. The van der Waals surface area contributed by atoms with Gasteiger partial charge in [0.25, 0.3) is 6.43 Å². The van der Waals surface area contributed by atoms with Gasteiger partial charge in [-0.15, -0.1) is 0 Å². The zero-order valence-electron chi connectivity index (χ0n) is 6.58. The normalized spacial score (nSPS) is 10.6. The molecule has 0 radical (unpaired) electrons. The molecule has 5 nitrogen and oxygen atoms in total. The number of hydrogen-bond donors (Lipinski definition) is 1. The Labute approximate surface area is 85.2 Å². The predicted octanol–water partition coefficient (Wildman–Crippen LogP) is 2.27. The van der Waals surface area contributed by atoms with E-state index in [9.17, 15) is 18.9 Å². The Bertz CT molecular complexity index is 386. The van der Waals surface area contributed by atoms with Crippen LogP contribution in [0.15, 0.2) is 10.5 Å². The van der Waals surface area contributed by atoms with Crippen molar-refractivity contribution in [3.63, 3.8) is 0 Å². The first kappa shape index (κ1) is 10.8. The molecule has 0 bridgehead atoms. The topological polar surface area (TPSA) is 82.0 Å². The van der Waals surface area contributed by atoms with Gasteiger partial charge in [-0.25, -0.2) is 8.78 Å². The van der Waals surface area contributed by atoms with Gasteiger partial charge in [0, 0.05) is 0 Å². The first-order valence-corrected chi connectivity index (χ1v) is 4.11. The SMILES string of the molecule is Nc1nc([N+](=O)[O-])c(Br)cc1C(F)F. The Morgan fingerprint density at radius 2 is 2.21 bits per heavy atom. The molecule has 0 unspecified atom stereocenters. The first-order chi connectivity index (χ1) is 6.43. The quantitative estimate of drug-likeness (QED) is 0.658. The third-order valence-corrected chi connectivity index (χ3v) is 2.01. The fourth-order valence-electron chi connectivity index (χ4n) is 0.810. The minimum Gasteiger partial charge on any atom is -0.362 e. The molecule has 1 rings (SSSR count). The average molecular weight is 268 g/mol. The zero-order valence-corrected chi connectivity index (χ0v) is 8.16. The van der Waals surface area contributed by atoms with Crippen molar-refractivity contribution in [2.75, 3.05) is 5.73 Å². The molecular weight excluding hydrogens is 264 g/mol. The molecule has 0 amide bonds. The Kier molecular flexibility index (Phi) is 2.94. The highest BCUT2D eigenvalue weighted by atomic mass is 79.9. The van der Waals surface area contributed by atoms with Crippen molar-refractivity contribution in [2.45, 2.75) is 6.43 Å². The Balaban J connectivity index is 3.31. The summed E-state index contributed by atoms with van der Waals surface area (Å²) in [4.78, 5) is 12.8. The summed E-state index contributed by atoms with van der Waals surface area (Å²) < 4.78 is 24.3. The van der Waals surface area contributed by atoms with Crippen LogP contribution >= 0.6 is 15.9 Å². The number of nitrogen functional groups attached to an aromatic ring is 1. The standard InChI is InChI=1S/C6H4BrF2N3O2/c7-3-1-2(4(8)9)5(10)11-6(3)12(13)14/h1,4H,(H2,10,11). The number of hydrogen-bond acceptors (Lipinski definition) is 4. The van der Waals surface area contributed by atoms with E-state index >= 15 is 0 Å². The Hall–Kier alpha value is -1.31. The van der Waals surface area contributed by atoms with Crippen LogP contribution in [-0.2, 0) is 0 Å². The third-order valence-electron chi connectivity index (χ3n) is 1.43. The van der Waals surface area contributed by atoms with Gasteiger partial charge in [-0.05, 0) is 31.9 Å². The molecule has 0 saturated carbocycles. The number of nitrogens with zero attached hydrogens (tertiary/aromatic N) is 2. The lowest BCUT2D eigenvalue weighted by Crippen LogP contribution is -2.02. The molecule has 0 fully saturated rings. The second kappa shape index (κ2) is 3.82. The molecule has 1 aromatic heterocycles. The minimum atomic E-state index is -2.81. The molecule has 14 heavy (non-hydrogen) atoms. The van der Waals surface area contributed by atoms with Crippen molar-refractivity contribution in [1.82, 2.24) is 4.98 Å². The van der Waals surface area contributed by atoms with Crippen LogP contribution in [0.5, 0.6) is 0 Å². The lowest BCUT2D eigenvalue weighted by molar-refractivity contribution is -0.390. The van der Waals surface area contributed by atoms with Crippen molar-refractivity contribution >= 4 is 27.6 Å². The van der Waals surface area contributed by atoms with Crippen LogP contribution in [0.2, 0.25) is 0 Å². The molecular formula is C6H4BrF2N3O2. The summed E-state index contributed by atoms with van der Waals surface area (Å²) in [5.74, 6) is -1.11. The van der Waals surface area contributed by atoms with Crippen LogP contribution < -0.4 is 5.73 Å². The second-order valence-corrected chi connectivity index (χ2v) is 3.18. The number of nitro groups is 1. The van der Waals surface area contributed by atoms with Crippen LogP contribution in [0.4, 0.5) is 20.4 Å². The van der Waals surface area contributed by atoms with Gasteiger partial charge >= 0.3 is 5.82 Å². The average Bonchev–Trinajstić information content (AvgIpc) is 2.07. The lowest BCUT2D eigenvalue weighted by Gasteiger charge is -2.01. The Morgan fingerprint density at radius 1 is 1.64 bits per heavy atom. The monoisotopic (exact) mass is 267 g/mol. The number of rotatable bonds is 2. The highest BCUT2D eigenvalue weighted by molar-refractivity contribution is 9.10. The largest absolute Gasteiger partial charge is 0.380 e. The van der Waals surface area contributed by atoms with Crippen molar-refractivity contribution in [1.29, 1.82) is 0 Å². The van der Waals surface area contributed by atoms with Crippen LogP contribution in [-0.4, -0.2) is 9.91 Å². The molecule has 76 valence electrons. The van der Waals surface area contributed by atoms with Crippen molar-refractivity contribution in [2.24, 2.45) is 0 Å². The fraction of sp³-hybridized carbons (Fsp3) is 0.167. The highest BCUT2D eigenvalue weighted by Gasteiger charge is 2.23.